The first-order chi connectivity index (χ1) is 9.04. The maximum absolute atomic E-state index is 10.9. The number of hydrogen-bond donors (Lipinski definition) is 0. The van der Waals surface area contributed by atoms with Gasteiger partial charge in [-0.3, -0.25) is 10.1 Å². The fourth-order valence-electron chi connectivity index (χ4n) is 1.68. The highest BCUT2D eigenvalue weighted by Gasteiger charge is 2.20. The van der Waals surface area contributed by atoms with Crippen LogP contribution in [-0.2, 0) is 7.05 Å². The minimum atomic E-state index is -0.537. The fraction of sp³-hybridized carbons (Fsp3) is 0.167. The molecule has 0 aliphatic heterocycles. The fourth-order valence-corrected chi connectivity index (χ4v) is 1.68. The van der Waals surface area contributed by atoms with Gasteiger partial charge in [-0.05, 0) is 13.0 Å². The molecule has 0 unspecified atom stereocenters. The largest absolute Gasteiger partial charge is 0.431 e. The predicted molar refractivity (Wildman–Crippen MR) is 65.8 cm³/mol. The quantitative estimate of drug-likeness (QED) is 0.621. The topological polar surface area (TPSA) is 94.0 Å². The zero-order valence-electron chi connectivity index (χ0n) is 10.3. The molecule has 0 atom stereocenters. The highest BCUT2D eigenvalue weighted by atomic mass is 16.6. The van der Waals surface area contributed by atoms with Crippen LogP contribution in [-0.4, -0.2) is 14.7 Å². The van der Waals surface area contributed by atoms with Crippen molar-refractivity contribution in [2.75, 3.05) is 0 Å². The van der Waals surface area contributed by atoms with E-state index in [2.05, 4.69) is 5.10 Å². The minimum absolute atomic E-state index is 0.0759. The Labute approximate surface area is 108 Å². The Balaban J connectivity index is 2.48. The Hall–Kier alpha value is -2.88. The zero-order chi connectivity index (χ0) is 14.0. The number of nitriles is 1. The smallest absolute Gasteiger partial charge is 0.311 e. The van der Waals surface area contributed by atoms with E-state index < -0.39 is 4.92 Å². The molecule has 0 spiro atoms. The number of nitro groups is 1. The predicted octanol–water partition coefficient (Wildman–Crippen LogP) is 2.30. The van der Waals surface area contributed by atoms with Crippen LogP contribution >= 0.6 is 0 Å². The summed E-state index contributed by atoms with van der Waals surface area (Å²) >= 11 is 0. The average molecular weight is 258 g/mol. The molecule has 1 aromatic heterocycles. The van der Waals surface area contributed by atoms with Gasteiger partial charge in [0.05, 0.1) is 10.6 Å². The van der Waals surface area contributed by atoms with Gasteiger partial charge in [-0.15, -0.1) is 0 Å². The van der Waals surface area contributed by atoms with E-state index in [-0.39, 0.29) is 22.9 Å². The summed E-state index contributed by atoms with van der Waals surface area (Å²) in [4.78, 5) is 10.4. The highest BCUT2D eigenvalue weighted by molar-refractivity contribution is 5.50. The van der Waals surface area contributed by atoms with Crippen molar-refractivity contribution in [1.29, 1.82) is 5.26 Å². The van der Waals surface area contributed by atoms with Gasteiger partial charge in [0.1, 0.15) is 11.6 Å². The lowest BCUT2D eigenvalue weighted by Crippen LogP contribution is -1.98. The molecular weight excluding hydrogens is 248 g/mol. The van der Waals surface area contributed by atoms with E-state index in [0.29, 0.717) is 5.69 Å². The summed E-state index contributed by atoms with van der Waals surface area (Å²) < 4.78 is 6.86. The van der Waals surface area contributed by atoms with Gasteiger partial charge < -0.3 is 4.74 Å². The molecule has 0 N–H and O–H groups in total. The van der Waals surface area contributed by atoms with E-state index in [1.165, 1.54) is 16.8 Å². The van der Waals surface area contributed by atoms with Crippen molar-refractivity contribution in [2.24, 2.45) is 7.05 Å². The molecule has 0 fully saturated rings. The molecule has 7 nitrogen and oxygen atoms in total. The molecule has 0 aliphatic carbocycles. The van der Waals surface area contributed by atoms with E-state index in [4.69, 9.17) is 10.00 Å². The Bertz CT molecular complexity index is 685. The number of nitro benzene ring substituents is 1. The summed E-state index contributed by atoms with van der Waals surface area (Å²) in [6.07, 6.45) is 0. The number of ether oxygens (including phenoxy) is 1. The van der Waals surface area contributed by atoms with Gasteiger partial charge in [0.25, 0.3) is 0 Å². The minimum Gasteiger partial charge on any atom is -0.431 e. The van der Waals surface area contributed by atoms with Crippen LogP contribution in [0.25, 0.3) is 0 Å². The molecule has 2 rings (SSSR count). The van der Waals surface area contributed by atoms with E-state index in [1.54, 1.807) is 26.1 Å². The number of rotatable bonds is 3. The van der Waals surface area contributed by atoms with Gasteiger partial charge in [-0.25, -0.2) is 4.68 Å². The number of aromatic nitrogens is 2. The van der Waals surface area contributed by atoms with Gasteiger partial charge in [0.2, 0.25) is 11.6 Å². The second-order valence-electron chi connectivity index (χ2n) is 3.83. The molecule has 7 heteroatoms. The third-order valence-electron chi connectivity index (χ3n) is 2.55. The van der Waals surface area contributed by atoms with Gasteiger partial charge >= 0.3 is 5.69 Å². The molecule has 96 valence electrons. The summed E-state index contributed by atoms with van der Waals surface area (Å²) in [5.74, 6) is 0.265. The summed E-state index contributed by atoms with van der Waals surface area (Å²) in [6.45, 7) is 1.67. The molecule has 1 heterocycles. The standard InChI is InChI=1S/C12H10N4O3/c1-8-9(7-13)12(15(2)14-8)19-11-6-4-3-5-10(11)16(17)18/h3-6H,1-2H3. The van der Waals surface area contributed by atoms with Crippen molar-refractivity contribution in [1.82, 2.24) is 9.78 Å². The molecule has 0 bridgehead atoms. The normalized spacial score (nSPS) is 9.95. The molecular formula is C12H10N4O3. The van der Waals surface area contributed by atoms with Crippen molar-refractivity contribution < 1.29 is 9.66 Å². The summed E-state index contributed by atoms with van der Waals surface area (Å²) in [7, 11) is 1.61. The summed E-state index contributed by atoms with van der Waals surface area (Å²) in [5, 5.41) is 24.0. The third kappa shape index (κ3) is 2.24. The molecule has 0 radical (unpaired) electrons. The highest BCUT2D eigenvalue weighted by Crippen LogP contribution is 2.32. The van der Waals surface area contributed by atoms with Crippen LogP contribution in [0.4, 0.5) is 5.69 Å². The van der Waals surface area contributed by atoms with Crippen molar-refractivity contribution >= 4 is 5.69 Å². The van der Waals surface area contributed by atoms with Crippen LogP contribution in [0.2, 0.25) is 0 Å². The third-order valence-corrected chi connectivity index (χ3v) is 2.55. The molecule has 1 aromatic carbocycles. The summed E-state index contributed by atoms with van der Waals surface area (Å²) in [6, 6.07) is 7.96. The first kappa shape index (κ1) is 12.6. The van der Waals surface area contributed by atoms with Crippen LogP contribution in [0, 0.1) is 28.4 Å². The van der Waals surface area contributed by atoms with E-state index in [9.17, 15) is 10.1 Å². The molecule has 0 saturated heterocycles. The van der Waals surface area contributed by atoms with Gasteiger partial charge in [-0.1, -0.05) is 12.1 Å². The first-order valence-corrected chi connectivity index (χ1v) is 5.39. The number of nitrogens with zero attached hydrogens (tertiary/aromatic N) is 4. The van der Waals surface area contributed by atoms with Gasteiger partial charge in [0.15, 0.2) is 0 Å². The van der Waals surface area contributed by atoms with Crippen LogP contribution in [0.5, 0.6) is 11.6 Å². The van der Waals surface area contributed by atoms with Crippen molar-refractivity contribution in [2.45, 2.75) is 6.92 Å². The Morgan fingerprint density at radius 2 is 2.16 bits per heavy atom. The second kappa shape index (κ2) is 4.78. The molecule has 0 aliphatic rings. The number of hydrogen-bond acceptors (Lipinski definition) is 5. The SMILES string of the molecule is Cc1nn(C)c(Oc2ccccc2[N+](=O)[O-])c1C#N. The van der Waals surface area contributed by atoms with E-state index in [0.717, 1.165) is 0 Å². The lowest BCUT2D eigenvalue weighted by molar-refractivity contribution is -0.385. The van der Waals surface area contributed by atoms with Gasteiger partial charge in [-0.2, -0.15) is 10.4 Å². The van der Waals surface area contributed by atoms with Crippen molar-refractivity contribution in [3.63, 3.8) is 0 Å². The number of para-hydroxylation sites is 2. The maximum Gasteiger partial charge on any atom is 0.311 e. The number of aryl methyl sites for hydroxylation is 2. The average Bonchev–Trinajstić information content (AvgIpc) is 2.64. The monoisotopic (exact) mass is 258 g/mol. The zero-order valence-corrected chi connectivity index (χ0v) is 10.3. The lowest BCUT2D eigenvalue weighted by Gasteiger charge is -2.06. The molecule has 0 saturated carbocycles. The van der Waals surface area contributed by atoms with Crippen LogP contribution in [0.15, 0.2) is 24.3 Å². The Morgan fingerprint density at radius 1 is 1.47 bits per heavy atom. The molecule has 19 heavy (non-hydrogen) atoms. The molecule has 0 amide bonds. The van der Waals surface area contributed by atoms with Crippen LogP contribution in [0.1, 0.15) is 11.3 Å². The van der Waals surface area contributed by atoms with Gasteiger partial charge in [0, 0.05) is 13.1 Å². The number of benzene rings is 1. The second-order valence-corrected chi connectivity index (χ2v) is 3.83. The van der Waals surface area contributed by atoms with Crippen molar-refractivity contribution in [3.05, 3.63) is 45.6 Å². The first-order valence-electron chi connectivity index (χ1n) is 5.39. The maximum atomic E-state index is 10.9. The van der Waals surface area contributed by atoms with Crippen LogP contribution < -0.4 is 4.74 Å². The van der Waals surface area contributed by atoms with Crippen LogP contribution in [0.3, 0.4) is 0 Å². The van der Waals surface area contributed by atoms with Crippen molar-refractivity contribution in [3.8, 4) is 17.7 Å². The van der Waals surface area contributed by atoms with E-state index in [1.807, 2.05) is 6.07 Å². The Morgan fingerprint density at radius 3 is 2.79 bits per heavy atom. The lowest BCUT2D eigenvalue weighted by atomic mass is 10.2. The summed E-state index contributed by atoms with van der Waals surface area (Å²) in [5.41, 5.74) is 0.615. The molecule has 2 aromatic rings. The Kier molecular flexibility index (Phi) is 3.16. The van der Waals surface area contributed by atoms with E-state index >= 15 is 0 Å².